The number of rotatable bonds is 7. The van der Waals surface area contributed by atoms with Gasteiger partial charge in [-0.1, -0.05) is 54.6 Å². The molecule has 1 atom stereocenters. The molecule has 0 spiro atoms. The molecule has 0 aliphatic rings. The zero-order valence-electron chi connectivity index (χ0n) is 15.8. The number of nitrogens with zero attached hydrogens (tertiary/aromatic N) is 3. The standard InChI is InChI=1S/C21H22N4O3/c1-14-22-15(2)25(24-14)13-20(26)23-19(12-21(27)28)18-10-8-17(9-11-18)16-6-4-3-5-7-16/h3-11,19H,12-13H2,1-2H3,(H,23,26)(H,27,28)/t19-/m0/s1. The van der Waals surface area contributed by atoms with Crippen LogP contribution in [0.4, 0.5) is 0 Å². The van der Waals surface area contributed by atoms with Gasteiger partial charge in [0, 0.05) is 0 Å². The van der Waals surface area contributed by atoms with Crippen molar-refractivity contribution in [2.24, 2.45) is 0 Å². The summed E-state index contributed by atoms with van der Waals surface area (Å²) in [6.07, 6.45) is -0.203. The van der Waals surface area contributed by atoms with Crippen molar-refractivity contribution in [2.75, 3.05) is 0 Å². The summed E-state index contributed by atoms with van der Waals surface area (Å²) in [4.78, 5) is 27.9. The number of carbonyl (C=O) groups is 2. The average molecular weight is 378 g/mol. The molecule has 7 nitrogen and oxygen atoms in total. The Morgan fingerprint density at radius 2 is 1.68 bits per heavy atom. The minimum Gasteiger partial charge on any atom is -0.481 e. The van der Waals surface area contributed by atoms with Gasteiger partial charge in [-0.05, 0) is 30.5 Å². The van der Waals surface area contributed by atoms with Crippen molar-refractivity contribution in [3.63, 3.8) is 0 Å². The molecule has 1 heterocycles. The number of hydrogen-bond donors (Lipinski definition) is 2. The molecule has 0 saturated carbocycles. The van der Waals surface area contributed by atoms with Crippen LogP contribution in [-0.2, 0) is 16.1 Å². The molecule has 0 bridgehead atoms. The Balaban J connectivity index is 1.75. The second-order valence-electron chi connectivity index (χ2n) is 6.57. The van der Waals surface area contributed by atoms with E-state index in [1.165, 1.54) is 4.68 Å². The van der Waals surface area contributed by atoms with Crippen LogP contribution in [0.5, 0.6) is 0 Å². The fourth-order valence-corrected chi connectivity index (χ4v) is 3.05. The first-order valence-corrected chi connectivity index (χ1v) is 8.97. The van der Waals surface area contributed by atoms with E-state index in [0.29, 0.717) is 11.6 Å². The first-order chi connectivity index (χ1) is 13.4. The molecule has 0 saturated heterocycles. The molecule has 28 heavy (non-hydrogen) atoms. The van der Waals surface area contributed by atoms with Crippen LogP contribution >= 0.6 is 0 Å². The van der Waals surface area contributed by atoms with Crippen molar-refractivity contribution in [1.29, 1.82) is 0 Å². The summed E-state index contributed by atoms with van der Waals surface area (Å²) >= 11 is 0. The van der Waals surface area contributed by atoms with Crippen LogP contribution in [-0.4, -0.2) is 31.7 Å². The molecule has 1 aromatic heterocycles. The van der Waals surface area contributed by atoms with Gasteiger partial charge in [-0.2, -0.15) is 5.10 Å². The third-order valence-electron chi connectivity index (χ3n) is 4.39. The molecule has 7 heteroatoms. The number of nitrogens with one attached hydrogen (secondary N) is 1. The number of aliphatic carboxylic acids is 1. The van der Waals surface area contributed by atoms with Crippen LogP contribution in [0.25, 0.3) is 11.1 Å². The lowest BCUT2D eigenvalue weighted by Gasteiger charge is -2.18. The van der Waals surface area contributed by atoms with Gasteiger partial charge >= 0.3 is 5.97 Å². The second kappa shape index (κ2) is 8.47. The quantitative estimate of drug-likeness (QED) is 0.659. The van der Waals surface area contributed by atoms with Gasteiger partial charge in [-0.15, -0.1) is 0 Å². The lowest BCUT2D eigenvalue weighted by Crippen LogP contribution is -2.33. The Labute approximate surface area is 163 Å². The Morgan fingerprint density at radius 3 is 2.25 bits per heavy atom. The number of hydrogen-bond acceptors (Lipinski definition) is 4. The average Bonchev–Trinajstić information content (AvgIpc) is 2.98. The third kappa shape index (κ3) is 4.82. The van der Waals surface area contributed by atoms with Crippen molar-refractivity contribution in [2.45, 2.75) is 32.9 Å². The summed E-state index contributed by atoms with van der Waals surface area (Å²) in [6, 6.07) is 16.8. The highest BCUT2D eigenvalue weighted by molar-refractivity contribution is 5.77. The monoisotopic (exact) mass is 378 g/mol. The number of aryl methyl sites for hydroxylation is 2. The van der Waals surface area contributed by atoms with Crippen LogP contribution < -0.4 is 5.32 Å². The molecule has 0 unspecified atom stereocenters. The predicted octanol–water partition coefficient (Wildman–Crippen LogP) is 2.89. The van der Waals surface area contributed by atoms with E-state index in [4.69, 9.17) is 0 Å². The molecular formula is C21H22N4O3. The second-order valence-corrected chi connectivity index (χ2v) is 6.57. The first-order valence-electron chi connectivity index (χ1n) is 8.97. The van der Waals surface area contributed by atoms with Gasteiger partial charge in [0.1, 0.15) is 18.2 Å². The minimum absolute atomic E-state index is 0.00904. The number of benzene rings is 2. The minimum atomic E-state index is -0.981. The number of aromatic nitrogens is 3. The Morgan fingerprint density at radius 1 is 1.04 bits per heavy atom. The van der Waals surface area contributed by atoms with E-state index in [1.807, 2.05) is 54.6 Å². The molecule has 2 N–H and O–H groups in total. The molecule has 0 aliphatic heterocycles. The topological polar surface area (TPSA) is 97.1 Å². The number of carboxylic acid groups (broad SMARTS) is 1. The summed E-state index contributed by atoms with van der Waals surface area (Å²) in [6.45, 7) is 3.51. The first kappa shape index (κ1) is 19.3. The third-order valence-corrected chi connectivity index (χ3v) is 4.39. The van der Waals surface area contributed by atoms with Gasteiger partial charge in [0.2, 0.25) is 5.91 Å². The van der Waals surface area contributed by atoms with Gasteiger partial charge in [0.15, 0.2) is 0 Å². The van der Waals surface area contributed by atoms with Gasteiger partial charge in [-0.25, -0.2) is 9.67 Å². The van der Waals surface area contributed by atoms with E-state index in [0.717, 1.165) is 16.7 Å². The van der Waals surface area contributed by atoms with Crippen LogP contribution in [0.2, 0.25) is 0 Å². The van der Waals surface area contributed by atoms with Crippen LogP contribution in [0.15, 0.2) is 54.6 Å². The lowest BCUT2D eigenvalue weighted by atomic mass is 9.99. The summed E-state index contributed by atoms with van der Waals surface area (Å²) in [5.74, 6) is -0.0739. The van der Waals surface area contributed by atoms with Gasteiger partial charge in [0.25, 0.3) is 0 Å². The normalized spacial score (nSPS) is 11.8. The molecule has 1 amide bonds. The van der Waals surface area contributed by atoms with E-state index >= 15 is 0 Å². The van der Waals surface area contributed by atoms with Crippen LogP contribution in [0, 0.1) is 13.8 Å². The Hall–Kier alpha value is -3.48. The summed E-state index contributed by atoms with van der Waals surface area (Å²) < 4.78 is 1.50. The molecule has 3 aromatic rings. The van der Waals surface area contributed by atoms with E-state index in [2.05, 4.69) is 15.4 Å². The maximum absolute atomic E-state index is 12.4. The van der Waals surface area contributed by atoms with Crippen molar-refractivity contribution in [3.8, 4) is 11.1 Å². The van der Waals surface area contributed by atoms with Gasteiger partial charge in [0.05, 0.1) is 12.5 Å². The summed E-state index contributed by atoms with van der Waals surface area (Å²) in [5, 5.41) is 16.2. The maximum Gasteiger partial charge on any atom is 0.305 e. The highest BCUT2D eigenvalue weighted by Gasteiger charge is 2.19. The van der Waals surface area contributed by atoms with Crippen molar-refractivity contribution >= 4 is 11.9 Å². The molecule has 3 rings (SSSR count). The highest BCUT2D eigenvalue weighted by Crippen LogP contribution is 2.23. The zero-order chi connectivity index (χ0) is 20.1. The fourth-order valence-electron chi connectivity index (χ4n) is 3.05. The number of carbonyl (C=O) groups excluding carboxylic acids is 1. The largest absolute Gasteiger partial charge is 0.481 e. The Kier molecular flexibility index (Phi) is 5.84. The van der Waals surface area contributed by atoms with Gasteiger partial charge in [-0.3, -0.25) is 9.59 Å². The van der Waals surface area contributed by atoms with Crippen molar-refractivity contribution in [1.82, 2.24) is 20.1 Å². The SMILES string of the molecule is Cc1nc(C)n(CC(=O)N[C@@H](CC(=O)O)c2ccc(-c3ccccc3)cc2)n1. The van der Waals surface area contributed by atoms with Crippen LogP contribution in [0.3, 0.4) is 0 Å². The smallest absolute Gasteiger partial charge is 0.305 e. The van der Waals surface area contributed by atoms with E-state index in [9.17, 15) is 14.7 Å². The Bertz CT molecular complexity index is 965. The summed E-state index contributed by atoms with van der Waals surface area (Å²) in [5.41, 5.74) is 2.84. The molecule has 0 fully saturated rings. The van der Waals surface area contributed by atoms with Gasteiger partial charge < -0.3 is 10.4 Å². The van der Waals surface area contributed by atoms with E-state index < -0.39 is 12.0 Å². The van der Waals surface area contributed by atoms with Crippen LogP contribution in [0.1, 0.15) is 29.7 Å². The number of carboxylic acids is 1. The number of amides is 1. The lowest BCUT2D eigenvalue weighted by molar-refractivity contribution is -0.137. The fraction of sp³-hybridized carbons (Fsp3) is 0.238. The predicted molar refractivity (Wildman–Crippen MR) is 105 cm³/mol. The van der Waals surface area contributed by atoms with Crippen molar-refractivity contribution in [3.05, 3.63) is 71.8 Å². The highest BCUT2D eigenvalue weighted by atomic mass is 16.4. The zero-order valence-corrected chi connectivity index (χ0v) is 15.8. The molecule has 144 valence electrons. The van der Waals surface area contributed by atoms with E-state index in [1.54, 1.807) is 13.8 Å². The summed E-state index contributed by atoms with van der Waals surface area (Å²) in [7, 11) is 0. The van der Waals surface area contributed by atoms with Crippen molar-refractivity contribution < 1.29 is 14.7 Å². The molecule has 2 aromatic carbocycles. The molecule has 0 radical (unpaired) electrons. The maximum atomic E-state index is 12.4. The molecular weight excluding hydrogens is 356 g/mol. The van der Waals surface area contributed by atoms with E-state index in [-0.39, 0.29) is 18.9 Å². The molecule has 0 aliphatic carbocycles.